The molecule has 0 atom stereocenters. The smallest absolute Gasteiger partial charge is 0.407 e. The highest BCUT2D eigenvalue weighted by atomic mass is 16.5. The minimum atomic E-state index is -1.17. The molecule has 10 nitrogen and oxygen atoms in total. The van der Waals surface area contributed by atoms with Crippen LogP contribution in [0.5, 0.6) is 0 Å². The van der Waals surface area contributed by atoms with Gasteiger partial charge in [0.05, 0.1) is 12.7 Å². The summed E-state index contributed by atoms with van der Waals surface area (Å²) in [5, 5.41) is 21.6. The van der Waals surface area contributed by atoms with E-state index in [1.54, 1.807) is 13.8 Å². The van der Waals surface area contributed by atoms with Gasteiger partial charge in [0.1, 0.15) is 6.61 Å². The van der Waals surface area contributed by atoms with Crippen molar-refractivity contribution >= 4 is 18.0 Å². The third-order valence-corrected chi connectivity index (χ3v) is 5.81. The van der Waals surface area contributed by atoms with E-state index >= 15 is 0 Å². The lowest BCUT2D eigenvalue weighted by Gasteiger charge is -2.25. The SMILES string of the molecule is CC(C)(CC(=O)NCCn1cc(C(=O)O)nn1)NC(=O)OCC1c2ccccc2-c2ccccc21. The number of nitrogens with one attached hydrogen (secondary N) is 2. The Morgan fingerprint density at radius 3 is 2.29 bits per heavy atom. The Kier molecular flexibility index (Phi) is 6.81. The maximum Gasteiger partial charge on any atom is 0.407 e. The van der Waals surface area contributed by atoms with Crippen molar-refractivity contribution in [2.75, 3.05) is 13.2 Å². The molecule has 0 saturated heterocycles. The number of alkyl carbamates (subject to hydrolysis) is 1. The minimum Gasteiger partial charge on any atom is -0.476 e. The van der Waals surface area contributed by atoms with Gasteiger partial charge in [-0.1, -0.05) is 53.7 Å². The second-order valence-electron chi connectivity index (χ2n) is 9.03. The van der Waals surface area contributed by atoms with E-state index in [-0.39, 0.29) is 43.6 Å². The Hall–Kier alpha value is -4.21. The van der Waals surface area contributed by atoms with Gasteiger partial charge in [-0.3, -0.25) is 4.79 Å². The molecule has 0 radical (unpaired) electrons. The monoisotopic (exact) mass is 477 g/mol. The van der Waals surface area contributed by atoms with Gasteiger partial charge in [-0.05, 0) is 36.1 Å². The highest BCUT2D eigenvalue weighted by molar-refractivity contribution is 5.84. The summed E-state index contributed by atoms with van der Waals surface area (Å²) in [7, 11) is 0. The molecule has 0 bridgehead atoms. The Morgan fingerprint density at radius 2 is 1.69 bits per heavy atom. The molecule has 182 valence electrons. The Balaban J connectivity index is 1.25. The molecule has 4 rings (SSSR count). The molecule has 1 heterocycles. The van der Waals surface area contributed by atoms with Crippen molar-refractivity contribution in [2.24, 2.45) is 0 Å². The van der Waals surface area contributed by atoms with Crippen LogP contribution < -0.4 is 10.6 Å². The topological polar surface area (TPSA) is 135 Å². The summed E-state index contributed by atoms with van der Waals surface area (Å²) in [6.45, 7) is 4.18. The van der Waals surface area contributed by atoms with Crippen LogP contribution in [0.15, 0.2) is 54.7 Å². The van der Waals surface area contributed by atoms with E-state index in [0.717, 1.165) is 22.3 Å². The Bertz CT molecular complexity index is 1210. The van der Waals surface area contributed by atoms with E-state index in [4.69, 9.17) is 9.84 Å². The molecule has 1 aliphatic rings. The average molecular weight is 478 g/mol. The normalized spacial score (nSPS) is 12.5. The quantitative estimate of drug-likeness (QED) is 0.431. The second kappa shape index (κ2) is 9.96. The lowest BCUT2D eigenvalue weighted by molar-refractivity contribution is -0.122. The molecule has 0 unspecified atom stereocenters. The van der Waals surface area contributed by atoms with Crippen LogP contribution >= 0.6 is 0 Å². The van der Waals surface area contributed by atoms with Crippen molar-refractivity contribution in [3.05, 3.63) is 71.5 Å². The van der Waals surface area contributed by atoms with Crippen LogP contribution in [-0.4, -0.2) is 56.8 Å². The zero-order chi connectivity index (χ0) is 25.0. The van der Waals surface area contributed by atoms with Crippen molar-refractivity contribution in [3.8, 4) is 11.1 Å². The molecule has 10 heteroatoms. The first-order chi connectivity index (χ1) is 16.7. The lowest BCUT2D eigenvalue weighted by Crippen LogP contribution is -2.47. The van der Waals surface area contributed by atoms with Gasteiger partial charge >= 0.3 is 12.1 Å². The highest BCUT2D eigenvalue weighted by Gasteiger charge is 2.30. The van der Waals surface area contributed by atoms with Crippen LogP contribution in [0.3, 0.4) is 0 Å². The molecule has 3 N–H and O–H groups in total. The first-order valence-electron chi connectivity index (χ1n) is 11.3. The fourth-order valence-corrected chi connectivity index (χ4v) is 4.23. The Morgan fingerprint density at radius 1 is 1.06 bits per heavy atom. The van der Waals surface area contributed by atoms with Crippen LogP contribution in [0.1, 0.15) is 47.8 Å². The molecule has 0 saturated carbocycles. The van der Waals surface area contributed by atoms with Crippen LogP contribution in [0.4, 0.5) is 4.79 Å². The van der Waals surface area contributed by atoms with Crippen LogP contribution in [0, 0.1) is 0 Å². The Labute approximate surface area is 202 Å². The first kappa shape index (κ1) is 23.9. The number of ether oxygens (including phenoxy) is 1. The van der Waals surface area contributed by atoms with E-state index < -0.39 is 17.6 Å². The number of hydrogen-bond donors (Lipinski definition) is 3. The number of amides is 2. The van der Waals surface area contributed by atoms with Crippen molar-refractivity contribution in [1.29, 1.82) is 0 Å². The highest BCUT2D eigenvalue weighted by Crippen LogP contribution is 2.44. The molecule has 35 heavy (non-hydrogen) atoms. The number of benzene rings is 2. The van der Waals surface area contributed by atoms with Crippen LogP contribution in [-0.2, 0) is 16.1 Å². The van der Waals surface area contributed by atoms with E-state index in [1.165, 1.54) is 10.9 Å². The summed E-state index contributed by atoms with van der Waals surface area (Å²) in [4.78, 5) is 35.7. The number of carbonyl (C=O) groups is 3. The zero-order valence-corrected chi connectivity index (χ0v) is 19.5. The van der Waals surface area contributed by atoms with E-state index in [2.05, 4.69) is 45.2 Å². The van der Waals surface area contributed by atoms with Gasteiger partial charge in [0.15, 0.2) is 5.69 Å². The number of carbonyl (C=O) groups excluding carboxylic acids is 2. The molecule has 0 spiro atoms. The van der Waals surface area contributed by atoms with E-state index in [1.807, 2.05) is 24.3 Å². The van der Waals surface area contributed by atoms with Crippen molar-refractivity contribution in [1.82, 2.24) is 25.6 Å². The summed E-state index contributed by atoms with van der Waals surface area (Å²) in [5.74, 6) is -1.48. The van der Waals surface area contributed by atoms with Crippen LogP contribution in [0.2, 0.25) is 0 Å². The summed E-state index contributed by atoms with van der Waals surface area (Å²) >= 11 is 0. The number of aromatic nitrogens is 3. The van der Waals surface area contributed by atoms with Gasteiger partial charge in [0.2, 0.25) is 5.91 Å². The van der Waals surface area contributed by atoms with Gasteiger partial charge in [-0.2, -0.15) is 0 Å². The van der Waals surface area contributed by atoms with E-state index in [9.17, 15) is 14.4 Å². The van der Waals surface area contributed by atoms with Gasteiger partial charge in [-0.15, -0.1) is 5.10 Å². The third kappa shape index (κ3) is 5.65. The molecule has 2 amide bonds. The van der Waals surface area contributed by atoms with Crippen molar-refractivity contribution < 1.29 is 24.2 Å². The number of carboxylic acids is 1. The third-order valence-electron chi connectivity index (χ3n) is 5.81. The van der Waals surface area contributed by atoms with E-state index in [0.29, 0.717) is 0 Å². The lowest BCUT2D eigenvalue weighted by atomic mass is 9.98. The number of rotatable bonds is 9. The van der Waals surface area contributed by atoms with Gasteiger partial charge in [-0.25, -0.2) is 14.3 Å². The maximum atomic E-state index is 12.5. The largest absolute Gasteiger partial charge is 0.476 e. The number of aromatic carboxylic acids is 1. The van der Waals surface area contributed by atoms with Gasteiger partial charge in [0.25, 0.3) is 0 Å². The summed E-state index contributed by atoms with van der Waals surface area (Å²) in [6.07, 6.45) is 0.736. The molecular weight excluding hydrogens is 450 g/mol. The number of nitrogens with zero attached hydrogens (tertiary/aromatic N) is 3. The number of fused-ring (bicyclic) bond motifs is 3. The van der Waals surface area contributed by atoms with Crippen molar-refractivity contribution in [2.45, 2.75) is 38.3 Å². The average Bonchev–Trinajstić information content (AvgIpc) is 3.40. The van der Waals surface area contributed by atoms with Gasteiger partial charge < -0.3 is 20.5 Å². The van der Waals surface area contributed by atoms with Crippen LogP contribution in [0.25, 0.3) is 11.1 Å². The van der Waals surface area contributed by atoms with Gasteiger partial charge in [0, 0.05) is 24.4 Å². The predicted octanol–water partition coefficient (Wildman–Crippen LogP) is 2.80. The first-order valence-corrected chi connectivity index (χ1v) is 11.3. The summed E-state index contributed by atoms with van der Waals surface area (Å²) < 4.78 is 6.91. The maximum absolute atomic E-state index is 12.5. The molecule has 1 aromatic heterocycles. The summed E-state index contributed by atoms with van der Waals surface area (Å²) in [6, 6.07) is 16.2. The predicted molar refractivity (Wildman–Crippen MR) is 127 cm³/mol. The second-order valence-corrected chi connectivity index (χ2v) is 9.03. The fraction of sp³-hybridized carbons (Fsp3) is 0.320. The fourth-order valence-electron chi connectivity index (χ4n) is 4.23. The molecule has 0 aliphatic heterocycles. The number of carboxylic acid groups (broad SMARTS) is 1. The molecule has 3 aromatic rings. The minimum absolute atomic E-state index is 0.0366. The molecular formula is C25H27N5O5. The molecule has 1 aliphatic carbocycles. The zero-order valence-electron chi connectivity index (χ0n) is 19.5. The molecule has 0 fully saturated rings. The summed E-state index contributed by atoms with van der Waals surface area (Å²) in [5.41, 5.74) is 3.56. The number of hydrogen-bond acceptors (Lipinski definition) is 6. The van der Waals surface area contributed by atoms with Crippen molar-refractivity contribution in [3.63, 3.8) is 0 Å². The standard InChI is InChI=1S/C25H27N5O5/c1-25(2,13-22(31)26-11-12-30-14-21(23(32)33)28-29-30)27-24(34)35-15-20-18-9-5-3-7-16(18)17-8-4-6-10-19(17)20/h3-10,14,20H,11-13,15H2,1-2H3,(H,26,31)(H,27,34)(H,32,33). The molecule has 2 aromatic carbocycles.